The summed E-state index contributed by atoms with van der Waals surface area (Å²) in [4.78, 5) is 9.25. The Morgan fingerprint density at radius 1 is 1.46 bits per heavy atom. The van der Waals surface area contributed by atoms with Gasteiger partial charge in [0.25, 0.3) is 0 Å². The molecule has 0 aromatic heterocycles. The van der Waals surface area contributed by atoms with E-state index in [1.807, 2.05) is 0 Å². The van der Waals surface area contributed by atoms with Gasteiger partial charge in [-0.05, 0) is 0 Å². The molecule has 0 aliphatic carbocycles. The van der Waals surface area contributed by atoms with Gasteiger partial charge < -0.3 is 27.1 Å². The number of carbonyl (C=O) groups is 1. The van der Waals surface area contributed by atoms with Crippen molar-refractivity contribution < 1.29 is 31.9 Å². The van der Waals surface area contributed by atoms with Crippen molar-refractivity contribution in [2.24, 2.45) is 0 Å². The first kappa shape index (κ1) is 18.3. The van der Waals surface area contributed by atoms with Crippen molar-refractivity contribution in [3.63, 3.8) is 0 Å². The summed E-state index contributed by atoms with van der Waals surface area (Å²) in [6, 6.07) is 0. The lowest BCUT2D eigenvalue weighted by atomic mass is 10.5. The molecule has 0 heterocycles. The highest BCUT2D eigenvalue weighted by Gasteiger charge is 2.02. The maximum Gasteiger partial charge on any atom is 0.327 e. The van der Waals surface area contributed by atoms with Crippen LogP contribution in [0.4, 0.5) is 0 Å². The first-order chi connectivity index (χ1) is 5.33. The molecule has 0 rings (SSSR count). The summed E-state index contributed by atoms with van der Waals surface area (Å²) >= 11 is 0. The van der Waals surface area contributed by atoms with Gasteiger partial charge in [-0.15, -0.1) is 0 Å². The number of aliphatic carboxylic acids is 1. The van der Waals surface area contributed by atoms with Gasteiger partial charge in [0.15, 0.2) is 0 Å². The van der Waals surface area contributed by atoms with Crippen LogP contribution in [0.3, 0.4) is 0 Å². The Morgan fingerprint density at radius 3 is 1.77 bits per heavy atom. The Bertz CT molecular complexity index is 143. The molecule has 13 heavy (non-hydrogen) atoms. The molecule has 80 valence electrons. The zero-order chi connectivity index (χ0) is 10.2. The number of rotatable bonds is 3. The molecule has 0 radical (unpaired) electrons. The lowest BCUT2D eigenvalue weighted by molar-refractivity contribution is -0.870. The third kappa shape index (κ3) is 34.5. The number of nitrogens with zero attached hydrogens (tertiary/aromatic N) is 1. The number of hydrogen-bond donors (Lipinski definition) is 2. The summed E-state index contributed by atoms with van der Waals surface area (Å²) in [6.45, 7) is 4.08. The van der Waals surface area contributed by atoms with Gasteiger partial charge in [0.05, 0.1) is 27.7 Å². The number of carboxylic acids is 1. The van der Waals surface area contributed by atoms with Gasteiger partial charge >= 0.3 is 5.97 Å². The van der Waals surface area contributed by atoms with Crippen LogP contribution < -0.4 is 12.4 Å². The van der Waals surface area contributed by atoms with Gasteiger partial charge in [-0.25, -0.2) is 4.79 Å². The predicted octanol–water partition coefficient (Wildman–Crippen LogP) is -3.05. The van der Waals surface area contributed by atoms with Gasteiger partial charge in [0.1, 0.15) is 6.54 Å². The van der Waals surface area contributed by atoms with Gasteiger partial charge in [0.2, 0.25) is 0 Å². The molecular formula is C8H18ClNO3. The monoisotopic (exact) mass is 211 g/mol. The van der Waals surface area contributed by atoms with Crippen LogP contribution in [0.25, 0.3) is 0 Å². The fourth-order valence-corrected chi connectivity index (χ4v) is 0.300. The van der Waals surface area contributed by atoms with Crippen LogP contribution in [0, 0.1) is 0 Å². The summed E-state index contributed by atoms with van der Waals surface area (Å²) < 4.78 is 0.844. The zero-order valence-electron chi connectivity index (χ0n) is 8.33. The zero-order valence-corrected chi connectivity index (χ0v) is 9.08. The molecule has 0 aromatic rings. The van der Waals surface area contributed by atoms with E-state index in [4.69, 9.17) is 10.2 Å². The molecule has 0 aliphatic rings. The second-order valence-corrected chi connectivity index (χ2v) is 3.28. The number of quaternary nitrogens is 1. The fraction of sp³-hybridized carbons (Fsp3) is 0.625. The molecule has 0 aliphatic heterocycles. The minimum Gasteiger partial charge on any atom is -1.00 e. The van der Waals surface area contributed by atoms with Crippen LogP contribution >= 0.6 is 0 Å². The number of aliphatic hydroxyl groups excluding tert-OH is 1. The second kappa shape index (κ2) is 9.51. The lowest BCUT2D eigenvalue weighted by Gasteiger charge is -2.21. The first-order valence-electron chi connectivity index (χ1n) is 3.60. The van der Waals surface area contributed by atoms with Gasteiger partial charge in [-0.3, -0.25) is 0 Å². The standard InChI is InChI=1S/C5H14NO.C3H4O2.ClH/c1-6(2,3)4-5-7;1-2-3(4)5;/h7H,4-5H2,1-3H3;2H,1H2,(H,4,5);1H/q+1;;/p-1. The highest BCUT2D eigenvalue weighted by Crippen LogP contribution is 1.84. The van der Waals surface area contributed by atoms with Crippen molar-refractivity contribution in [1.82, 2.24) is 0 Å². The van der Waals surface area contributed by atoms with Crippen molar-refractivity contribution in [3.8, 4) is 0 Å². The number of aliphatic hydroxyl groups is 1. The predicted molar refractivity (Wildman–Crippen MR) is 47.8 cm³/mol. The average Bonchev–Trinajstić information content (AvgIpc) is 1.86. The number of halogens is 1. The maximum absolute atomic E-state index is 9.25. The maximum atomic E-state index is 9.25. The quantitative estimate of drug-likeness (QED) is 0.385. The Balaban J connectivity index is -0.000000150. The number of carboxylic acid groups (broad SMARTS) is 1. The minimum absolute atomic E-state index is 0. The van der Waals surface area contributed by atoms with E-state index in [2.05, 4.69) is 27.7 Å². The van der Waals surface area contributed by atoms with E-state index in [1.54, 1.807) is 0 Å². The Hall–Kier alpha value is -0.580. The summed E-state index contributed by atoms with van der Waals surface area (Å²) in [5, 5.41) is 16.0. The average molecular weight is 212 g/mol. The largest absolute Gasteiger partial charge is 1.00 e. The van der Waals surface area contributed by atoms with E-state index in [0.29, 0.717) is 0 Å². The van der Waals surface area contributed by atoms with Crippen LogP contribution in [-0.2, 0) is 4.79 Å². The molecule has 0 saturated heterocycles. The summed E-state index contributed by atoms with van der Waals surface area (Å²) in [5.41, 5.74) is 0. The van der Waals surface area contributed by atoms with Crippen molar-refractivity contribution in [3.05, 3.63) is 12.7 Å². The third-order valence-electron chi connectivity index (χ3n) is 0.945. The van der Waals surface area contributed by atoms with Crippen LogP contribution in [0.2, 0.25) is 0 Å². The molecule has 0 atom stereocenters. The number of likely N-dealkylation sites (N-methyl/N-ethyl adjacent to an activating group) is 1. The normalized spacial score (nSPS) is 8.92. The fourth-order valence-electron chi connectivity index (χ4n) is 0.300. The molecule has 0 spiro atoms. The van der Waals surface area contributed by atoms with Crippen molar-refractivity contribution >= 4 is 5.97 Å². The second-order valence-electron chi connectivity index (χ2n) is 3.28. The molecule has 0 bridgehead atoms. The molecule has 0 aromatic carbocycles. The summed E-state index contributed by atoms with van der Waals surface area (Å²) in [5.74, 6) is -0.981. The van der Waals surface area contributed by atoms with Crippen LogP contribution in [0.1, 0.15) is 0 Å². The Labute approximate surface area is 85.5 Å². The van der Waals surface area contributed by atoms with Crippen molar-refractivity contribution in [2.75, 3.05) is 34.3 Å². The van der Waals surface area contributed by atoms with E-state index in [0.717, 1.165) is 17.1 Å². The highest BCUT2D eigenvalue weighted by atomic mass is 35.5. The van der Waals surface area contributed by atoms with Crippen LogP contribution in [0.15, 0.2) is 12.7 Å². The summed E-state index contributed by atoms with van der Waals surface area (Å²) in [7, 11) is 6.16. The first-order valence-corrected chi connectivity index (χ1v) is 3.60. The molecule has 0 amide bonds. The number of hydrogen-bond acceptors (Lipinski definition) is 2. The lowest BCUT2D eigenvalue weighted by Crippen LogP contribution is -3.00. The van der Waals surface area contributed by atoms with Gasteiger partial charge in [-0.2, -0.15) is 0 Å². The molecule has 0 fully saturated rings. The van der Waals surface area contributed by atoms with E-state index in [1.165, 1.54) is 0 Å². The third-order valence-corrected chi connectivity index (χ3v) is 0.945. The molecule has 2 N–H and O–H groups in total. The Kier molecular flexibility index (Phi) is 13.3. The topological polar surface area (TPSA) is 57.5 Å². The van der Waals surface area contributed by atoms with Crippen LogP contribution in [0.5, 0.6) is 0 Å². The molecule has 5 heteroatoms. The molecule has 0 saturated carbocycles. The molecular weight excluding hydrogens is 194 g/mol. The smallest absolute Gasteiger partial charge is 0.327 e. The van der Waals surface area contributed by atoms with E-state index < -0.39 is 5.97 Å². The van der Waals surface area contributed by atoms with Crippen LogP contribution in [-0.4, -0.2) is 55.0 Å². The molecule has 0 unspecified atom stereocenters. The van der Waals surface area contributed by atoms with Gasteiger partial charge in [-0.1, -0.05) is 6.58 Å². The van der Waals surface area contributed by atoms with Gasteiger partial charge in [0, 0.05) is 6.08 Å². The van der Waals surface area contributed by atoms with E-state index in [9.17, 15) is 4.79 Å². The minimum atomic E-state index is -0.981. The van der Waals surface area contributed by atoms with E-state index >= 15 is 0 Å². The summed E-state index contributed by atoms with van der Waals surface area (Å²) in [6.07, 6.45) is 0.833. The Morgan fingerprint density at radius 2 is 1.77 bits per heavy atom. The van der Waals surface area contributed by atoms with Crippen molar-refractivity contribution in [1.29, 1.82) is 0 Å². The van der Waals surface area contributed by atoms with Crippen molar-refractivity contribution in [2.45, 2.75) is 0 Å². The van der Waals surface area contributed by atoms with E-state index in [-0.39, 0.29) is 19.0 Å². The molecule has 4 nitrogen and oxygen atoms in total. The SMILES string of the molecule is C=CC(=O)O.C[N+](C)(C)CCO.[Cl-]. The highest BCUT2D eigenvalue weighted by molar-refractivity contribution is 5.78.